The predicted octanol–water partition coefficient (Wildman–Crippen LogP) is 10.2. The third-order valence-electron chi connectivity index (χ3n) is 11.0. The van der Waals surface area contributed by atoms with Crippen LogP contribution in [0.2, 0.25) is 0 Å². The Hall–Kier alpha value is -4.04. The van der Waals surface area contributed by atoms with E-state index in [9.17, 15) is 0 Å². The molecule has 6 rings (SSSR count). The molecule has 0 spiro atoms. The summed E-state index contributed by atoms with van der Waals surface area (Å²) in [4.78, 5) is 0. The van der Waals surface area contributed by atoms with Gasteiger partial charge in [0.15, 0.2) is 17.9 Å². The molecule has 2 nitrogen and oxygen atoms in total. The standard InChI is InChI=1S/C43H50N2/c1-6-9-19-34-25-30-45-41(31-34)38-23-15-16-24-39(38)43(8-3,42(45,5)7-2)27-17-28-44-29-26-36(35-20-11-10-12-21-35)32-40(44)37-22-14-13-18-33(37)4/h10-16,18,20-26,29-32H,6-9,17,19,27-28H2,1-5H3/q+2. The second kappa shape index (κ2) is 13.1. The van der Waals surface area contributed by atoms with Gasteiger partial charge in [0.1, 0.15) is 6.54 Å². The van der Waals surface area contributed by atoms with E-state index in [1.165, 1.54) is 63.2 Å². The first-order valence-corrected chi connectivity index (χ1v) is 17.3. The van der Waals surface area contributed by atoms with Crippen LogP contribution >= 0.6 is 0 Å². The molecule has 1 aliphatic heterocycles. The zero-order chi connectivity index (χ0) is 31.4. The zero-order valence-corrected chi connectivity index (χ0v) is 28.0. The maximum absolute atomic E-state index is 2.65. The van der Waals surface area contributed by atoms with Crippen molar-refractivity contribution >= 4 is 0 Å². The molecule has 5 aromatic rings. The van der Waals surface area contributed by atoms with Crippen molar-refractivity contribution in [2.45, 2.75) is 97.1 Å². The smallest absolute Gasteiger partial charge is 0.198 e. The van der Waals surface area contributed by atoms with Gasteiger partial charge in [-0.3, -0.25) is 0 Å². The van der Waals surface area contributed by atoms with Crippen molar-refractivity contribution in [3.8, 4) is 33.6 Å². The van der Waals surface area contributed by atoms with E-state index in [-0.39, 0.29) is 11.0 Å². The summed E-state index contributed by atoms with van der Waals surface area (Å²) in [7, 11) is 0. The summed E-state index contributed by atoms with van der Waals surface area (Å²) in [6.07, 6.45) is 12.8. The Morgan fingerprint density at radius 2 is 1.38 bits per heavy atom. The Labute approximate surface area is 271 Å². The number of pyridine rings is 2. The lowest BCUT2D eigenvalue weighted by molar-refractivity contribution is -0.766. The van der Waals surface area contributed by atoms with Gasteiger partial charge in [0, 0.05) is 49.6 Å². The summed E-state index contributed by atoms with van der Waals surface area (Å²) in [5.74, 6) is 0. The maximum atomic E-state index is 2.65. The molecule has 2 aromatic heterocycles. The average Bonchev–Trinajstić information content (AvgIpc) is 3.09. The van der Waals surface area contributed by atoms with E-state index < -0.39 is 0 Å². The fourth-order valence-electron chi connectivity index (χ4n) is 8.20. The Bertz CT molecular complexity index is 1770. The lowest BCUT2D eigenvalue weighted by Gasteiger charge is -2.48. The van der Waals surface area contributed by atoms with Crippen molar-refractivity contribution in [2.24, 2.45) is 0 Å². The Kier molecular flexibility index (Phi) is 9.04. The lowest BCUT2D eigenvalue weighted by atomic mass is 9.57. The largest absolute Gasteiger partial charge is 0.213 e. The first-order valence-electron chi connectivity index (χ1n) is 17.3. The van der Waals surface area contributed by atoms with Gasteiger partial charge in [-0.2, -0.15) is 9.13 Å². The van der Waals surface area contributed by atoms with Crippen molar-refractivity contribution in [3.05, 3.63) is 132 Å². The van der Waals surface area contributed by atoms with Gasteiger partial charge in [0.25, 0.3) is 0 Å². The van der Waals surface area contributed by atoms with Gasteiger partial charge in [-0.1, -0.05) is 93.9 Å². The molecule has 0 radical (unpaired) electrons. The Balaban J connectivity index is 1.38. The quantitative estimate of drug-likeness (QED) is 0.134. The van der Waals surface area contributed by atoms with E-state index in [1.54, 1.807) is 0 Å². The summed E-state index contributed by atoms with van der Waals surface area (Å²) in [6.45, 7) is 12.8. The van der Waals surface area contributed by atoms with Gasteiger partial charge in [0.2, 0.25) is 11.4 Å². The second-order valence-electron chi connectivity index (χ2n) is 13.3. The van der Waals surface area contributed by atoms with Crippen molar-refractivity contribution in [1.29, 1.82) is 0 Å². The molecule has 2 unspecified atom stereocenters. The number of rotatable bonds is 11. The number of benzene rings is 3. The summed E-state index contributed by atoms with van der Waals surface area (Å²) in [5.41, 5.74) is 12.3. The molecule has 0 saturated heterocycles. The van der Waals surface area contributed by atoms with E-state index in [4.69, 9.17) is 0 Å². The first kappa shape index (κ1) is 31.0. The molecule has 0 bridgehead atoms. The van der Waals surface area contributed by atoms with Crippen LogP contribution in [0.25, 0.3) is 33.6 Å². The summed E-state index contributed by atoms with van der Waals surface area (Å²) in [5, 5.41) is 0. The molecular weight excluding hydrogens is 544 g/mol. The fourth-order valence-corrected chi connectivity index (χ4v) is 8.20. The highest BCUT2D eigenvalue weighted by Gasteiger charge is 2.58. The number of hydrogen-bond acceptors (Lipinski definition) is 0. The number of fused-ring (bicyclic) bond motifs is 3. The number of hydrogen-bond donors (Lipinski definition) is 0. The topological polar surface area (TPSA) is 7.76 Å². The number of aromatic nitrogens is 2. The van der Waals surface area contributed by atoms with Crippen LogP contribution < -0.4 is 9.13 Å². The van der Waals surface area contributed by atoms with Gasteiger partial charge in [0.05, 0.1) is 11.0 Å². The van der Waals surface area contributed by atoms with Gasteiger partial charge in [-0.25, -0.2) is 0 Å². The molecule has 1 aliphatic rings. The van der Waals surface area contributed by atoms with Crippen LogP contribution in [0.3, 0.4) is 0 Å². The monoisotopic (exact) mass is 594 g/mol. The normalized spacial score (nSPS) is 18.8. The molecule has 2 heteroatoms. The molecule has 3 heterocycles. The van der Waals surface area contributed by atoms with Gasteiger partial charge < -0.3 is 0 Å². The Morgan fingerprint density at radius 3 is 2.11 bits per heavy atom. The summed E-state index contributed by atoms with van der Waals surface area (Å²) >= 11 is 0. The van der Waals surface area contributed by atoms with Crippen molar-refractivity contribution in [1.82, 2.24) is 0 Å². The molecule has 0 N–H and O–H groups in total. The predicted molar refractivity (Wildman–Crippen MR) is 188 cm³/mol. The fraction of sp³-hybridized carbons (Fsp3) is 0.349. The van der Waals surface area contributed by atoms with Gasteiger partial charge in [-0.05, 0) is 72.6 Å². The van der Waals surface area contributed by atoms with Crippen LogP contribution in [-0.4, -0.2) is 0 Å². The highest BCUT2D eigenvalue weighted by Crippen LogP contribution is 2.52. The minimum absolute atomic E-state index is 0.0184. The van der Waals surface area contributed by atoms with Gasteiger partial charge >= 0.3 is 0 Å². The first-order chi connectivity index (χ1) is 22.0. The van der Waals surface area contributed by atoms with Gasteiger partial charge in [-0.15, -0.1) is 0 Å². The van der Waals surface area contributed by atoms with E-state index in [0.717, 1.165) is 38.6 Å². The third-order valence-corrected chi connectivity index (χ3v) is 11.0. The van der Waals surface area contributed by atoms with Crippen LogP contribution in [0.1, 0.15) is 82.9 Å². The molecule has 0 fully saturated rings. The van der Waals surface area contributed by atoms with Crippen molar-refractivity contribution in [2.75, 3.05) is 0 Å². The van der Waals surface area contributed by atoms with E-state index in [0.29, 0.717) is 0 Å². The molecule has 2 atom stereocenters. The molecule has 0 saturated carbocycles. The van der Waals surface area contributed by atoms with E-state index >= 15 is 0 Å². The second-order valence-corrected chi connectivity index (χ2v) is 13.3. The van der Waals surface area contributed by atoms with E-state index in [2.05, 4.69) is 159 Å². The minimum atomic E-state index is -0.0184. The van der Waals surface area contributed by atoms with Crippen molar-refractivity contribution in [3.63, 3.8) is 0 Å². The molecule has 45 heavy (non-hydrogen) atoms. The third kappa shape index (κ3) is 5.54. The van der Waals surface area contributed by atoms with Crippen LogP contribution in [0.5, 0.6) is 0 Å². The Morgan fingerprint density at radius 1 is 0.644 bits per heavy atom. The van der Waals surface area contributed by atoms with Crippen LogP contribution in [-0.2, 0) is 23.9 Å². The van der Waals surface area contributed by atoms with E-state index in [1.807, 2.05) is 0 Å². The van der Waals surface area contributed by atoms with Crippen molar-refractivity contribution < 1.29 is 9.13 Å². The van der Waals surface area contributed by atoms with Crippen LogP contribution in [0, 0.1) is 6.92 Å². The summed E-state index contributed by atoms with van der Waals surface area (Å²) < 4.78 is 5.14. The highest BCUT2D eigenvalue weighted by atomic mass is 15.1. The molecule has 0 amide bonds. The molecular formula is C43H50N2+2. The summed E-state index contributed by atoms with van der Waals surface area (Å²) in [6, 6.07) is 38.5. The van der Waals surface area contributed by atoms with Crippen LogP contribution in [0.4, 0.5) is 0 Å². The zero-order valence-electron chi connectivity index (χ0n) is 28.0. The van der Waals surface area contributed by atoms with Crippen LogP contribution in [0.15, 0.2) is 116 Å². The SMILES string of the molecule is CCCCc1cc[n+]2c(c1)-c1ccccc1C(CC)(CCC[n+]1ccc(-c3ccccc3)cc1-c1ccccc1C)C2(C)CC. The minimum Gasteiger partial charge on any atom is -0.198 e. The molecule has 0 aliphatic carbocycles. The lowest BCUT2D eigenvalue weighted by Crippen LogP contribution is -2.68. The average molecular weight is 595 g/mol. The number of aryl methyl sites for hydroxylation is 3. The maximum Gasteiger partial charge on any atom is 0.213 e. The number of unbranched alkanes of at least 4 members (excludes halogenated alkanes) is 1. The number of nitrogens with zero attached hydrogens (tertiary/aromatic N) is 2. The molecule has 3 aromatic carbocycles. The highest BCUT2D eigenvalue weighted by molar-refractivity contribution is 5.70. The molecule has 230 valence electrons.